The SMILES string of the molecule is O=C(O)N1CC(c2ccc(F)cc2)C(c2ccc(F)cc2)=N1. The van der Waals surface area contributed by atoms with E-state index in [4.69, 9.17) is 5.11 Å². The first-order valence-electron chi connectivity index (χ1n) is 6.65. The Hall–Kier alpha value is -2.76. The highest BCUT2D eigenvalue weighted by molar-refractivity contribution is 6.06. The van der Waals surface area contributed by atoms with E-state index >= 15 is 0 Å². The largest absolute Gasteiger partial charge is 0.464 e. The van der Waals surface area contributed by atoms with E-state index in [0.29, 0.717) is 11.3 Å². The summed E-state index contributed by atoms with van der Waals surface area (Å²) in [5.74, 6) is -1.06. The van der Waals surface area contributed by atoms with E-state index in [1.165, 1.54) is 24.3 Å². The third-order valence-electron chi connectivity index (χ3n) is 3.55. The maximum atomic E-state index is 13.1. The highest BCUT2D eigenvalue weighted by atomic mass is 19.1. The third kappa shape index (κ3) is 2.67. The van der Waals surface area contributed by atoms with Crippen LogP contribution in [0.4, 0.5) is 13.6 Å². The first-order valence-corrected chi connectivity index (χ1v) is 6.65. The van der Waals surface area contributed by atoms with Gasteiger partial charge in [0.15, 0.2) is 0 Å². The molecular formula is C16H12F2N2O2. The second-order valence-electron chi connectivity index (χ2n) is 4.96. The third-order valence-corrected chi connectivity index (χ3v) is 3.55. The second-order valence-corrected chi connectivity index (χ2v) is 4.96. The molecule has 0 saturated carbocycles. The van der Waals surface area contributed by atoms with Crippen molar-refractivity contribution in [3.8, 4) is 0 Å². The molecule has 1 aliphatic heterocycles. The highest BCUT2D eigenvalue weighted by Gasteiger charge is 2.32. The molecule has 0 aromatic heterocycles. The van der Waals surface area contributed by atoms with Crippen LogP contribution in [0.15, 0.2) is 53.6 Å². The van der Waals surface area contributed by atoms with Crippen LogP contribution in [-0.2, 0) is 0 Å². The Kier molecular flexibility index (Phi) is 3.58. The normalized spacial score (nSPS) is 17.5. The smallest absolute Gasteiger partial charge is 0.427 e. The molecule has 3 rings (SSSR count). The van der Waals surface area contributed by atoms with Crippen molar-refractivity contribution < 1.29 is 18.7 Å². The van der Waals surface area contributed by atoms with Crippen molar-refractivity contribution in [3.05, 3.63) is 71.3 Å². The molecule has 22 heavy (non-hydrogen) atoms. The fourth-order valence-corrected chi connectivity index (χ4v) is 2.46. The van der Waals surface area contributed by atoms with E-state index < -0.39 is 6.09 Å². The van der Waals surface area contributed by atoms with Crippen molar-refractivity contribution in [3.63, 3.8) is 0 Å². The van der Waals surface area contributed by atoms with Gasteiger partial charge >= 0.3 is 6.09 Å². The molecule has 0 bridgehead atoms. The van der Waals surface area contributed by atoms with E-state index in [-0.39, 0.29) is 24.1 Å². The van der Waals surface area contributed by atoms with Gasteiger partial charge in [-0.15, -0.1) is 0 Å². The summed E-state index contributed by atoms with van der Waals surface area (Å²) < 4.78 is 26.1. The van der Waals surface area contributed by atoms with Crippen molar-refractivity contribution in [1.82, 2.24) is 5.01 Å². The van der Waals surface area contributed by atoms with Gasteiger partial charge in [-0.1, -0.05) is 24.3 Å². The molecule has 1 atom stereocenters. The van der Waals surface area contributed by atoms with E-state index in [1.54, 1.807) is 24.3 Å². The monoisotopic (exact) mass is 302 g/mol. The van der Waals surface area contributed by atoms with Gasteiger partial charge in [0.1, 0.15) is 11.6 Å². The summed E-state index contributed by atoms with van der Waals surface area (Å²) in [5.41, 5.74) is 1.92. The number of hydrazone groups is 1. The van der Waals surface area contributed by atoms with Gasteiger partial charge in [-0.2, -0.15) is 10.1 Å². The lowest BCUT2D eigenvalue weighted by molar-refractivity contribution is 0.151. The maximum absolute atomic E-state index is 13.1. The average molecular weight is 302 g/mol. The summed E-state index contributed by atoms with van der Waals surface area (Å²) in [7, 11) is 0. The molecule has 112 valence electrons. The van der Waals surface area contributed by atoms with Gasteiger partial charge in [0, 0.05) is 5.92 Å². The Morgan fingerprint density at radius 2 is 1.59 bits per heavy atom. The number of amides is 1. The van der Waals surface area contributed by atoms with Gasteiger partial charge in [0.25, 0.3) is 0 Å². The van der Waals surface area contributed by atoms with Crippen molar-refractivity contribution in [2.75, 3.05) is 6.54 Å². The molecule has 1 amide bonds. The lowest BCUT2D eigenvalue weighted by Gasteiger charge is -2.13. The van der Waals surface area contributed by atoms with Crippen LogP contribution in [0.1, 0.15) is 17.0 Å². The number of hydrogen-bond donors (Lipinski definition) is 1. The van der Waals surface area contributed by atoms with Crippen molar-refractivity contribution in [1.29, 1.82) is 0 Å². The van der Waals surface area contributed by atoms with Crippen LogP contribution in [0, 0.1) is 11.6 Å². The molecule has 1 heterocycles. The molecule has 4 nitrogen and oxygen atoms in total. The molecule has 1 N–H and O–H groups in total. The van der Waals surface area contributed by atoms with Crippen molar-refractivity contribution in [2.24, 2.45) is 5.10 Å². The summed E-state index contributed by atoms with van der Waals surface area (Å²) in [6.45, 7) is 0.147. The molecule has 0 aliphatic carbocycles. The predicted molar refractivity (Wildman–Crippen MR) is 76.8 cm³/mol. The zero-order chi connectivity index (χ0) is 15.7. The van der Waals surface area contributed by atoms with E-state index in [2.05, 4.69) is 5.10 Å². The average Bonchev–Trinajstić information content (AvgIpc) is 2.94. The van der Waals surface area contributed by atoms with Crippen LogP contribution in [0.3, 0.4) is 0 Å². The zero-order valence-electron chi connectivity index (χ0n) is 11.4. The summed E-state index contributed by atoms with van der Waals surface area (Å²) in [6.07, 6.45) is -1.16. The summed E-state index contributed by atoms with van der Waals surface area (Å²) >= 11 is 0. The second kappa shape index (κ2) is 5.55. The van der Waals surface area contributed by atoms with Crippen LogP contribution in [0.5, 0.6) is 0 Å². The standard InChI is InChI=1S/C16H12F2N2O2/c17-12-5-1-10(2-6-12)14-9-20(16(21)22)19-15(14)11-3-7-13(18)8-4-11/h1-8,14H,9H2,(H,21,22). The van der Waals surface area contributed by atoms with Crippen molar-refractivity contribution >= 4 is 11.8 Å². The van der Waals surface area contributed by atoms with Crippen LogP contribution in [-0.4, -0.2) is 28.5 Å². The first kappa shape index (κ1) is 14.2. The topological polar surface area (TPSA) is 52.9 Å². The van der Waals surface area contributed by atoms with E-state index in [1.807, 2.05) is 0 Å². The fourth-order valence-electron chi connectivity index (χ4n) is 2.46. The summed E-state index contributed by atoms with van der Waals surface area (Å²) in [5, 5.41) is 14.2. The molecule has 0 radical (unpaired) electrons. The number of halogens is 2. The van der Waals surface area contributed by atoms with Gasteiger partial charge in [0.05, 0.1) is 12.3 Å². The summed E-state index contributed by atoms with van der Waals surface area (Å²) in [4.78, 5) is 11.2. The first-order chi connectivity index (χ1) is 10.5. The minimum atomic E-state index is -1.16. The number of hydrogen-bond acceptors (Lipinski definition) is 2. The number of carbonyl (C=O) groups is 1. The summed E-state index contributed by atoms with van der Waals surface area (Å²) in [6, 6.07) is 11.5. The molecule has 0 spiro atoms. The van der Waals surface area contributed by atoms with Crippen LogP contribution >= 0.6 is 0 Å². The predicted octanol–water partition coefficient (Wildman–Crippen LogP) is 3.45. The van der Waals surface area contributed by atoms with Gasteiger partial charge in [-0.3, -0.25) is 0 Å². The Balaban J connectivity index is 2.01. The minimum absolute atomic E-state index is 0.147. The van der Waals surface area contributed by atoms with Crippen LogP contribution in [0.2, 0.25) is 0 Å². The van der Waals surface area contributed by atoms with Gasteiger partial charge in [-0.05, 0) is 35.4 Å². The molecule has 2 aromatic carbocycles. The lowest BCUT2D eigenvalue weighted by atomic mass is 9.90. The molecule has 6 heteroatoms. The Bertz CT molecular complexity index is 727. The number of nitrogens with zero attached hydrogens (tertiary/aromatic N) is 2. The molecule has 0 saturated heterocycles. The quantitative estimate of drug-likeness (QED) is 0.923. The van der Waals surface area contributed by atoms with Crippen LogP contribution < -0.4 is 0 Å². The van der Waals surface area contributed by atoms with E-state index in [0.717, 1.165) is 10.6 Å². The molecule has 0 fully saturated rings. The Morgan fingerprint density at radius 3 is 2.14 bits per heavy atom. The minimum Gasteiger partial charge on any atom is -0.464 e. The lowest BCUT2D eigenvalue weighted by Crippen LogP contribution is -2.23. The van der Waals surface area contributed by atoms with Gasteiger partial charge in [0.2, 0.25) is 0 Å². The number of carboxylic acid groups (broad SMARTS) is 1. The molecule has 1 aliphatic rings. The van der Waals surface area contributed by atoms with Crippen molar-refractivity contribution in [2.45, 2.75) is 5.92 Å². The molecule has 2 aromatic rings. The van der Waals surface area contributed by atoms with Gasteiger partial charge in [-0.25, -0.2) is 13.6 Å². The van der Waals surface area contributed by atoms with Gasteiger partial charge < -0.3 is 5.11 Å². The maximum Gasteiger partial charge on any atom is 0.427 e. The van der Waals surface area contributed by atoms with E-state index in [9.17, 15) is 13.6 Å². The number of rotatable bonds is 2. The molecule has 1 unspecified atom stereocenters. The number of benzene rings is 2. The molecular weight excluding hydrogens is 290 g/mol. The Labute approximate surface area is 125 Å². The highest BCUT2D eigenvalue weighted by Crippen LogP contribution is 2.29. The zero-order valence-corrected chi connectivity index (χ0v) is 11.4. The fraction of sp³-hybridized carbons (Fsp3) is 0.125. The van der Waals surface area contributed by atoms with Crippen LogP contribution in [0.25, 0.3) is 0 Å². The Morgan fingerprint density at radius 1 is 1.05 bits per heavy atom.